The minimum atomic E-state index is -1.62. The molecule has 0 bridgehead atoms. The van der Waals surface area contributed by atoms with Gasteiger partial charge in [0.05, 0.1) is 40.5 Å². The highest BCUT2D eigenvalue weighted by Gasteiger charge is 2.45. The smallest absolute Gasteiger partial charge is 0.246 e. The zero-order valence-corrected chi connectivity index (χ0v) is 41.4. The Morgan fingerprint density at radius 2 is 1.69 bits per heavy atom. The minimum absolute atomic E-state index is 0.0256. The number of H-pyrrole nitrogens is 1. The molecule has 17 heteroatoms. The van der Waals surface area contributed by atoms with Gasteiger partial charge in [0.1, 0.15) is 41.7 Å². The predicted molar refractivity (Wildman–Crippen MR) is 263 cm³/mol. The number of hydrogen-bond donors (Lipinski definition) is 5. The Morgan fingerprint density at radius 1 is 0.971 bits per heavy atom. The quantitative estimate of drug-likeness (QED) is 0.0651. The van der Waals surface area contributed by atoms with Crippen molar-refractivity contribution in [2.75, 3.05) is 19.6 Å². The third kappa shape index (κ3) is 11.4. The van der Waals surface area contributed by atoms with Crippen LogP contribution in [-0.2, 0) is 40.5 Å². The van der Waals surface area contributed by atoms with E-state index in [-0.39, 0.29) is 63.1 Å². The molecule has 13 nitrogen and oxygen atoms in total. The van der Waals surface area contributed by atoms with Gasteiger partial charge in [-0.3, -0.25) is 24.3 Å². The Bertz CT molecular complexity index is 2820. The number of hydrogen-bond acceptors (Lipinski definition) is 10. The molecule has 70 heavy (non-hydrogen) atoms. The number of halogens is 3. The topological polar surface area (TPSA) is 165 Å². The molecule has 8 rings (SSSR count). The van der Waals surface area contributed by atoms with E-state index in [0.29, 0.717) is 17.8 Å². The highest BCUT2D eigenvalue weighted by molar-refractivity contribution is 7.13. The molecule has 0 radical (unpaired) electrons. The normalized spacial score (nSPS) is 19.0. The number of rotatable bonds is 16. The summed E-state index contributed by atoms with van der Waals surface area (Å²) >= 11 is 1.56. The highest BCUT2D eigenvalue weighted by Crippen LogP contribution is 2.44. The highest BCUT2D eigenvalue weighted by atomic mass is 32.1. The molecule has 370 valence electrons. The van der Waals surface area contributed by atoms with E-state index < -0.39 is 64.7 Å². The molecule has 1 fully saturated rings. The largest absolute Gasteiger partial charge is 0.487 e. The summed E-state index contributed by atoms with van der Waals surface area (Å²) in [5, 5.41) is 20.4. The SMILES string of the molecule is Cc1ncsc1-c1ccc(CNC(=O)[C@@H]2C[C@@H](O)CN2C(=O)C(NC(=O)CNCc2ccc(COc3cc(F)c([C@@H]4c5[nH]c6ccccc6c5C[C@@H](C)N4CC(C)(C)F)c(F)c3)nc2)C(C)(C)C)cc1. The van der Waals surface area contributed by atoms with Crippen molar-refractivity contribution >= 4 is 40.0 Å². The van der Waals surface area contributed by atoms with Gasteiger partial charge >= 0.3 is 0 Å². The van der Waals surface area contributed by atoms with E-state index in [0.717, 1.165) is 55.9 Å². The molecule has 3 aromatic carbocycles. The summed E-state index contributed by atoms with van der Waals surface area (Å²) in [6, 6.07) is 18.3. The van der Waals surface area contributed by atoms with Gasteiger partial charge in [0.15, 0.2) is 0 Å². The number of likely N-dealkylation sites (tertiary alicyclic amines) is 1. The van der Waals surface area contributed by atoms with E-state index in [2.05, 4.69) is 30.9 Å². The second kappa shape index (κ2) is 20.7. The van der Waals surface area contributed by atoms with Gasteiger partial charge in [0, 0.05) is 79.1 Å². The zero-order chi connectivity index (χ0) is 50.1. The summed E-state index contributed by atoms with van der Waals surface area (Å²) in [4.78, 5) is 57.3. The summed E-state index contributed by atoms with van der Waals surface area (Å²) < 4.78 is 53.4. The van der Waals surface area contributed by atoms with Crippen LogP contribution in [0.4, 0.5) is 13.2 Å². The molecule has 3 aromatic heterocycles. The fourth-order valence-electron chi connectivity index (χ4n) is 9.52. The number of aliphatic hydroxyl groups is 1. The van der Waals surface area contributed by atoms with Gasteiger partial charge in [0.2, 0.25) is 17.7 Å². The molecular formula is C53H61F3N8O5S. The number of thiazole rings is 1. The zero-order valence-electron chi connectivity index (χ0n) is 40.5. The fraction of sp³-hybridized carbons (Fsp3) is 0.415. The number of fused-ring (bicyclic) bond motifs is 3. The number of nitrogens with zero attached hydrogens (tertiary/aromatic N) is 4. The first-order valence-corrected chi connectivity index (χ1v) is 24.5. The molecule has 5 N–H and O–H groups in total. The number of β-amino-alcohol motifs (C(OH)–C–C–N with tert-alkyl or cyclic N) is 1. The fourth-order valence-corrected chi connectivity index (χ4v) is 10.3. The van der Waals surface area contributed by atoms with E-state index >= 15 is 13.2 Å². The molecule has 0 aliphatic carbocycles. The summed E-state index contributed by atoms with van der Waals surface area (Å²) in [5.74, 6) is -2.93. The molecule has 1 saturated heterocycles. The van der Waals surface area contributed by atoms with Crippen LogP contribution in [0, 0.1) is 24.0 Å². The van der Waals surface area contributed by atoms with Crippen molar-refractivity contribution < 1.29 is 37.4 Å². The molecule has 0 saturated carbocycles. The lowest BCUT2D eigenvalue weighted by Gasteiger charge is -2.43. The number of ether oxygens (including phenoxy) is 1. The van der Waals surface area contributed by atoms with Crippen LogP contribution in [0.5, 0.6) is 5.75 Å². The third-order valence-corrected chi connectivity index (χ3v) is 14.0. The Balaban J connectivity index is 0.840. The van der Waals surface area contributed by atoms with Gasteiger partial charge in [-0.05, 0) is 73.9 Å². The number of nitrogens with one attached hydrogen (secondary N) is 4. The summed E-state index contributed by atoms with van der Waals surface area (Å²) in [6.07, 6.45) is 1.37. The Hall–Kier alpha value is -6.14. The van der Waals surface area contributed by atoms with E-state index in [1.807, 2.05) is 88.0 Å². The van der Waals surface area contributed by atoms with Crippen LogP contribution in [0.1, 0.15) is 93.3 Å². The number of aromatic nitrogens is 3. The maximum atomic E-state index is 16.2. The first-order chi connectivity index (χ1) is 33.2. The summed E-state index contributed by atoms with van der Waals surface area (Å²) in [6.45, 7) is 12.5. The summed E-state index contributed by atoms with van der Waals surface area (Å²) in [5.41, 5.74) is 5.82. The molecule has 0 spiro atoms. The van der Waals surface area contributed by atoms with Crippen molar-refractivity contribution in [1.29, 1.82) is 0 Å². The Kier molecular flexibility index (Phi) is 14.8. The number of alkyl halides is 1. The van der Waals surface area contributed by atoms with Crippen LogP contribution in [0.3, 0.4) is 0 Å². The van der Waals surface area contributed by atoms with Crippen molar-refractivity contribution in [2.45, 2.75) is 117 Å². The number of carbonyl (C=O) groups excluding carboxylic acids is 3. The number of carbonyl (C=O) groups is 3. The predicted octanol–water partition coefficient (Wildman–Crippen LogP) is 7.83. The average Bonchev–Trinajstić information content (AvgIpc) is 4.03. The first-order valence-electron chi connectivity index (χ1n) is 23.6. The standard InChI is InChI=1S/C53H61F3N8O5S/c1-30-18-39-38-10-8-9-11-42(38)61-46(39)47(64(30)28-53(6,7)56)45-40(54)20-37(21-41(45)55)69-27-35-17-14-33(24-58-35)22-57-25-44(66)62-49(52(3,4)5)51(68)63-26-36(65)19-43(63)50(67)59-23-32-12-15-34(16-13-32)48-31(2)60-29-70-48/h8-17,20-21,24,29-30,36,43,47,49,57,61,65H,18-19,22-23,25-28H2,1-7H3,(H,59,67)(H,62,66)/t30-,36-,43+,47-,49?/m1/s1. The van der Waals surface area contributed by atoms with E-state index in [1.165, 1.54) is 18.7 Å². The first kappa shape index (κ1) is 50.3. The van der Waals surface area contributed by atoms with Crippen LogP contribution in [-0.4, -0.2) is 97.1 Å². The number of benzene rings is 3. The van der Waals surface area contributed by atoms with Crippen molar-refractivity contribution in [2.24, 2.45) is 5.41 Å². The molecule has 2 aliphatic heterocycles. The van der Waals surface area contributed by atoms with Crippen LogP contribution in [0.25, 0.3) is 21.3 Å². The number of aliphatic hydroxyl groups excluding tert-OH is 1. The van der Waals surface area contributed by atoms with Crippen molar-refractivity contribution in [3.8, 4) is 16.2 Å². The lowest BCUT2D eigenvalue weighted by atomic mass is 9.85. The maximum Gasteiger partial charge on any atom is 0.246 e. The average molecular weight is 979 g/mol. The van der Waals surface area contributed by atoms with Crippen LogP contribution < -0.4 is 20.7 Å². The molecule has 3 amide bonds. The van der Waals surface area contributed by atoms with Gasteiger partial charge in [-0.25, -0.2) is 18.2 Å². The number of aryl methyl sites for hydroxylation is 1. The minimum Gasteiger partial charge on any atom is -0.487 e. The monoisotopic (exact) mass is 978 g/mol. The number of pyridine rings is 1. The van der Waals surface area contributed by atoms with Crippen LogP contribution in [0.2, 0.25) is 0 Å². The van der Waals surface area contributed by atoms with Gasteiger partial charge in [0.25, 0.3) is 0 Å². The molecule has 2 aliphatic rings. The van der Waals surface area contributed by atoms with Crippen LogP contribution >= 0.6 is 11.3 Å². The lowest BCUT2D eigenvalue weighted by Crippen LogP contribution is -2.58. The lowest BCUT2D eigenvalue weighted by molar-refractivity contribution is -0.144. The van der Waals surface area contributed by atoms with Gasteiger partial charge < -0.3 is 35.7 Å². The number of aromatic amines is 1. The summed E-state index contributed by atoms with van der Waals surface area (Å²) in [7, 11) is 0. The van der Waals surface area contributed by atoms with Crippen molar-refractivity contribution in [1.82, 2.24) is 40.7 Å². The maximum absolute atomic E-state index is 16.2. The van der Waals surface area contributed by atoms with Gasteiger partial charge in [-0.1, -0.05) is 69.3 Å². The number of para-hydroxylation sites is 1. The Labute approximate surface area is 410 Å². The van der Waals surface area contributed by atoms with E-state index in [9.17, 15) is 19.5 Å². The molecule has 5 atom stereocenters. The van der Waals surface area contributed by atoms with Crippen molar-refractivity contribution in [3.05, 3.63) is 135 Å². The van der Waals surface area contributed by atoms with E-state index in [4.69, 9.17) is 4.74 Å². The molecule has 6 aromatic rings. The molecule has 5 heterocycles. The third-order valence-electron chi connectivity index (χ3n) is 13.0. The van der Waals surface area contributed by atoms with Crippen molar-refractivity contribution in [3.63, 3.8) is 0 Å². The molecule has 1 unspecified atom stereocenters. The Morgan fingerprint density at radius 3 is 2.34 bits per heavy atom. The van der Waals surface area contributed by atoms with Gasteiger partial charge in [-0.2, -0.15) is 0 Å². The van der Waals surface area contributed by atoms with Gasteiger partial charge in [-0.15, -0.1) is 11.3 Å². The molecular weight excluding hydrogens is 918 g/mol. The second-order valence-electron chi connectivity index (χ2n) is 20.2. The van der Waals surface area contributed by atoms with Crippen LogP contribution in [0.15, 0.2) is 84.5 Å². The van der Waals surface area contributed by atoms with E-state index in [1.54, 1.807) is 35.2 Å². The number of amides is 3. The second-order valence-corrected chi connectivity index (χ2v) is 21.1.